The highest BCUT2D eigenvalue weighted by molar-refractivity contribution is 5.51. The summed E-state index contributed by atoms with van der Waals surface area (Å²) >= 11 is 0. The topological polar surface area (TPSA) is 40.5 Å². The number of aryl methyl sites for hydroxylation is 1. The van der Waals surface area contributed by atoms with Crippen LogP contribution in [0.4, 0.5) is 0 Å². The second-order valence-corrected chi connectivity index (χ2v) is 5.88. The SMILES string of the molecule is CCCCCCCCCCc1cc(O)c(C)c(C)c1O. The van der Waals surface area contributed by atoms with E-state index in [2.05, 4.69) is 6.92 Å². The first kappa shape index (κ1) is 16.9. The van der Waals surface area contributed by atoms with E-state index in [-0.39, 0.29) is 0 Å². The summed E-state index contributed by atoms with van der Waals surface area (Å²) in [6, 6.07) is 1.72. The van der Waals surface area contributed by atoms with Gasteiger partial charge in [0.05, 0.1) is 0 Å². The van der Waals surface area contributed by atoms with E-state index in [1.807, 2.05) is 13.8 Å². The van der Waals surface area contributed by atoms with E-state index in [4.69, 9.17) is 0 Å². The van der Waals surface area contributed by atoms with Crippen LogP contribution < -0.4 is 0 Å². The Labute approximate surface area is 123 Å². The lowest BCUT2D eigenvalue weighted by molar-refractivity contribution is 0.445. The second-order valence-electron chi connectivity index (χ2n) is 5.88. The first-order chi connectivity index (χ1) is 9.57. The normalized spacial score (nSPS) is 10.9. The summed E-state index contributed by atoms with van der Waals surface area (Å²) in [6.45, 7) is 5.94. The van der Waals surface area contributed by atoms with Crippen molar-refractivity contribution in [3.8, 4) is 11.5 Å². The maximum absolute atomic E-state index is 10.1. The lowest BCUT2D eigenvalue weighted by Crippen LogP contribution is -1.92. The molecule has 2 N–H and O–H groups in total. The zero-order chi connectivity index (χ0) is 15.0. The number of phenolic OH excluding ortho intramolecular Hbond substituents is 2. The van der Waals surface area contributed by atoms with Crippen molar-refractivity contribution < 1.29 is 10.2 Å². The minimum Gasteiger partial charge on any atom is -0.508 e. The number of phenols is 2. The summed E-state index contributed by atoms with van der Waals surface area (Å²) in [5.74, 6) is 0.665. The molecular formula is C18H30O2. The minimum absolute atomic E-state index is 0.301. The van der Waals surface area contributed by atoms with Crippen molar-refractivity contribution in [3.63, 3.8) is 0 Å². The van der Waals surface area contributed by atoms with Gasteiger partial charge >= 0.3 is 0 Å². The molecule has 0 saturated heterocycles. The number of hydrogen-bond acceptors (Lipinski definition) is 2. The largest absolute Gasteiger partial charge is 0.508 e. The molecule has 0 aliphatic carbocycles. The van der Waals surface area contributed by atoms with Gasteiger partial charge in [-0.1, -0.05) is 51.9 Å². The molecule has 0 heterocycles. The van der Waals surface area contributed by atoms with Crippen molar-refractivity contribution in [2.24, 2.45) is 0 Å². The lowest BCUT2D eigenvalue weighted by Gasteiger charge is -2.11. The number of benzene rings is 1. The molecule has 0 aromatic heterocycles. The summed E-state index contributed by atoms with van der Waals surface area (Å²) in [5, 5.41) is 19.9. The second kappa shape index (κ2) is 8.89. The third kappa shape index (κ3) is 5.07. The Morgan fingerprint density at radius 2 is 1.35 bits per heavy atom. The van der Waals surface area contributed by atoms with E-state index in [9.17, 15) is 10.2 Å². The first-order valence-corrected chi connectivity index (χ1v) is 8.09. The summed E-state index contributed by atoms with van der Waals surface area (Å²) in [4.78, 5) is 0. The highest BCUT2D eigenvalue weighted by atomic mass is 16.3. The fourth-order valence-electron chi connectivity index (χ4n) is 2.59. The summed E-state index contributed by atoms with van der Waals surface area (Å²) in [6.07, 6.45) is 11.1. The Kier molecular flexibility index (Phi) is 7.50. The summed E-state index contributed by atoms with van der Waals surface area (Å²) in [7, 11) is 0. The van der Waals surface area contributed by atoms with E-state index in [1.165, 1.54) is 44.9 Å². The van der Waals surface area contributed by atoms with Crippen molar-refractivity contribution in [1.82, 2.24) is 0 Å². The van der Waals surface area contributed by atoms with Gasteiger partial charge in [0.1, 0.15) is 11.5 Å². The maximum atomic E-state index is 10.1. The summed E-state index contributed by atoms with van der Waals surface area (Å²) in [5.41, 5.74) is 2.47. The van der Waals surface area contributed by atoms with Gasteiger partial charge in [0.15, 0.2) is 0 Å². The Bertz CT molecular complexity index is 410. The van der Waals surface area contributed by atoms with Crippen molar-refractivity contribution in [2.75, 3.05) is 0 Å². The molecule has 0 saturated carbocycles. The monoisotopic (exact) mass is 278 g/mol. The molecule has 0 unspecified atom stereocenters. The molecule has 0 atom stereocenters. The Hall–Kier alpha value is -1.18. The average Bonchev–Trinajstić information content (AvgIpc) is 2.44. The van der Waals surface area contributed by atoms with E-state index < -0.39 is 0 Å². The zero-order valence-electron chi connectivity index (χ0n) is 13.3. The predicted molar refractivity (Wildman–Crippen MR) is 85.6 cm³/mol. The van der Waals surface area contributed by atoms with Crippen LogP contribution in [0.2, 0.25) is 0 Å². The van der Waals surface area contributed by atoms with Crippen LogP contribution in [0.25, 0.3) is 0 Å². The quantitative estimate of drug-likeness (QED) is 0.469. The molecule has 0 aliphatic rings. The molecule has 20 heavy (non-hydrogen) atoms. The van der Waals surface area contributed by atoms with Crippen LogP contribution in [0.1, 0.15) is 75.0 Å². The van der Waals surface area contributed by atoms with E-state index in [0.717, 1.165) is 29.5 Å². The third-order valence-electron chi connectivity index (χ3n) is 4.22. The average molecular weight is 278 g/mol. The fourth-order valence-corrected chi connectivity index (χ4v) is 2.59. The van der Waals surface area contributed by atoms with Gasteiger partial charge in [0, 0.05) is 0 Å². The smallest absolute Gasteiger partial charge is 0.122 e. The molecule has 0 spiro atoms. The molecule has 1 aromatic carbocycles. The van der Waals surface area contributed by atoms with Crippen LogP contribution in [0.5, 0.6) is 11.5 Å². The molecule has 0 amide bonds. The van der Waals surface area contributed by atoms with Crippen molar-refractivity contribution in [3.05, 3.63) is 22.8 Å². The Morgan fingerprint density at radius 1 is 0.800 bits per heavy atom. The van der Waals surface area contributed by atoms with E-state index in [1.54, 1.807) is 6.07 Å². The van der Waals surface area contributed by atoms with Gasteiger partial charge in [-0.05, 0) is 49.4 Å². The van der Waals surface area contributed by atoms with Gasteiger partial charge in [0.2, 0.25) is 0 Å². The van der Waals surface area contributed by atoms with Gasteiger partial charge in [-0.25, -0.2) is 0 Å². The molecular weight excluding hydrogens is 248 g/mol. The fraction of sp³-hybridized carbons (Fsp3) is 0.667. The standard InChI is InChI=1S/C18H30O2/c1-4-5-6-7-8-9-10-11-12-16-13-17(19)14(2)15(3)18(16)20/h13,19-20H,4-12H2,1-3H3. The number of unbranched alkanes of at least 4 members (excludes halogenated alkanes) is 7. The number of hydrogen-bond donors (Lipinski definition) is 2. The van der Waals surface area contributed by atoms with Crippen LogP contribution in [0.3, 0.4) is 0 Å². The van der Waals surface area contributed by atoms with Crippen LogP contribution in [-0.2, 0) is 6.42 Å². The van der Waals surface area contributed by atoms with Gasteiger partial charge in [-0.15, -0.1) is 0 Å². The Balaban J connectivity index is 2.29. The van der Waals surface area contributed by atoms with Crippen LogP contribution in [-0.4, -0.2) is 10.2 Å². The molecule has 0 aliphatic heterocycles. The number of aromatic hydroxyl groups is 2. The van der Waals surface area contributed by atoms with Gasteiger partial charge < -0.3 is 10.2 Å². The van der Waals surface area contributed by atoms with Gasteiger partial charge in [-0.2, -0.15) is 0 Å². The highest BCUT2D eigenvalue weighted by Crippen LogP contribution is 2.32. The van der Waals surface area contributed by atoms with E-state index >= 15 is 0 Å². The molecule has 0 bridgehead atoms. The maximum Gasteiger partial charge on any atom is 0.122 e. The van der Waals surface area contributed by atoms with Crippen molar-refractivity contribution >= 4 is 0 Å². The number of rotatable bonds is 9. The molecule has 2 heteroatoms. The van der Waals surface area contributed by atoms with Crippen molar-refractivity contribution in [1.29, 1.82) is 0 Å². The summed E-state index contributed by atoms with van der Waals surface area (Å²) < 4.78 is 0. The molecule has 2 nitrogen and oxygen atoms in total. The minimum atomic E-state index is 0.301. The highest BCUT2D eigenvalue weighted by Gasteiger charge is 2.10. The van der Waals surface area contributed by atoms with Crippen molar-refractivity contribution in [2.45, 2.75) is 78.6 Å². The third-order valence-corrected chi connectivity index (χ3v) is 4.22. The first-order valence-electron chi connectivity index (χ1n) is 8.09. The van der Waals surface area contributed by atoms with Gasteiger partial charge in [0.25, 0.3) is 0 Å². The predicted octanol–water partition coefficient (Wildman–Crippen LogP) is 5.40. The lowest BCUT2D eigenvalue weighted by atomic mass is 9.98. The molecule has 0 radical (unpaired) electrons. The molecule has 114 valence electrons. The Morgan fingerprint density at radius 3 is 1.95 bits per heavy atom. The van der Waals surface area contributed by atoms with Crippen LogP contribution in [0, 0.1) is 13.8 Å². The molecule has 0 fully saturated rings. The zero-order valence-corrected chi connectivity index (χ0v) is 13.3. The molecule has 1 aromatic rings. The van der Waals surface area contributed by atoms with Crippen LogP contribution in [0.15, 0.2) is 6.07 Å². The van der Waals surface area contributed by atoms with Gasteiger partial charge in [-0.3, -0.25) is 0 Å². The van der Waals surface area contributed by atoms with Crippen LogP contribution >= 0.6 is 0 Å². The molecule has 1 rings (SSSR count). The van der Waals surface area contributed by atoms with E-state index in [0.29, 0.717) is 11.5 Å².